The molecule has 2 heterocycles. The number of nitrogen functional groups attached to an aromatic ring is 1. The molecule has 4 rings (SSSR count). The maximum absolute atomic E-state index is 12.9. The fourth-order valence-electron chi connectivity index (χ4n) is 3.71. The zero-order chi connectivity index (χ0) is 24.1. The standard InChI is InChI=1S/C25H24F3N3O3/c26-25(27,28)20-6-1-4-17(12-20)16-34-21-7-2-5-18(13-21)19-14-22(29)24(30-15-19)33-11-10-31-9-3-8-23(31)32/h1-2,4-7,12-15H,3,8-11,16,29H2. The van der Waals surface area contributed by atoms with Crippen LogP contribution >= 0.6 is 0 Å². The van der Waals surface area contributed by atoms with Gasteiger partial charge in [-0.15, -0.1) is 0 Å². The van der Waals surface area contributed by atoms with Gasteiger partial charge in [-0.1, -0.05) is 24.3 Å². The van der Waals surface area contributed by atoms with Crippen molar-refractivity contribution in [1.82, 2.24) is 9.88 Å². The maximum atomic E-state index is 12.9. The van der Waals surface area contributed by atoms with E-state index in [-0.39, 0.29) is 12.5 Å². The van der Waals surface area contributed by atoms with Crippen LogP contribution in [0.3, 0.4) is 0 Å². The first-order valence-electron chi connectivity index (χ1n) is 10.8. The molecular weight excluding hydrogens is 447 g/mol. The third-order valence-electron chi connectivity index (χ3n) is 5.48. The molecule has 2 aromatic carbocycles. The van der Waals surface area contributed by atoms with Gasteiger partial charge in [-0.3, -0.25) is 4.79 Å². The summed E-state index contributed by atoms with van der Waals surface area (Å²) in [6, 6.07) is 13.9. The van der Waals surface area contributed by atoms with E-state index >= 15 is 0 Å². The van der Waals surface area contributed by atoms with Gasteiger partial charge in [0.1, 0.15) is 19.0 Å². The number of nitrogens with two attached hydrogens (primary N) is 1. The third-order valence-corrected chi connectivity index (χ3v) is 5.48. The van der Waals surface area contributed by atoms with Gasteiger partial charge in [0, 0.05) is 24.7 Å². The van der Waals surface area contributed by atoms with Crippen molar-refractivity contribution in [1.29, 1.82) is 0 Å². The average Bonchev–Trinajstić information content (AvgIpc) is 3.23. The first kappa shape index (κ1) is 23.4. The largest absolute Gasteiger partial charge is 0.489 e. The van der Waals surface area contributed by atoms with Crippen LogP contribution in [0.1, 0.15) is 24.0 Å². The molecule has 1 saturated heterocycles. The van der Waals surface area contributed by atoms with Crippen LogP contribution in [0.25, 0.3) is 11.1 Å². The third kappa shape index (κ3) is 5.78. The van der Waals surface area contributed by atoms with E-state index in [0.717, 1.165) is 36.2 Å². The Bertz CT molecular complexity index is 1170. The fraction of sp³-hybridized carbons (Fsp3) is 0.280. The highest BCUT2D eigenvalue weighted by atomic mass is 19.4. The molecule has 0 aliphatic carbocycles. The highest BCUT2D eigenvalue weighted by Gasteiger charge is 2.30. The molecule has 178 valence electrons. The molecule has 1 aliphatic rings. The number of amides is 1. The second-order valence-corrected chi connectivity index (χ2v) is 7.97. The highest BCUT2D eigenvalue weighted by Crippen LogP contribution is 2.31. The Morgan fingerprint density at radius 2 is 1.85 bits per heavy atom. The Morgan fingerprint density at radius 1 is 1.03 bits per heavy atom. The van der Waals surface area contributed by atoms with Crippen molar-refractivity contribution in [2.75, 3.05) is 25.4 Å². The van der Waals surface area contributed by atoms with Gasteiger partial charge in [-0.25, -0.2) is 4.98 Å². The lowest BCUT2D eigenvalue weighted by Crippen LogP contribution is -2.29. The van der Waals surface area contributed by atoms with Crippen molar-refractivity contribution in [3.8, 4) is 22.8 Å². The molecule has 0 radical (unpaired) electrons. The molecule has 1 aliphatic heterocycles. The van der Waals surface area contributed by atoms with Crippen LogP contribution in [0.5, 0.6) is 11.6 Å². The Kier molecular flexibility index (Phi) is 6.90. The number of pyridine rings is 1. The molecule has 0 atom stereocenters. The van der Waals surface area contributed by atoms with Gasteiger partial charge in [0.25, 0.3) is 0 Å². The minimum Gasteiger partial charge on any atom is -0.489 e. The SMILES string of the molecule is Nc1cc(-c2cccc(OCc3cccc(C(F)(F)F)c3)c2)cnc1OCCN1CCCC1=O. The van der Waals surface area contributed by atoms with Gasteiger partial charge in [0.15, 0.2) is 0 Å². The predicted octanol–water partition coefficient (Wildman–Crippen LogP) is 4.93. The van der Waals surface area contributed by atoms with E-state index in [1.54, 1.807) is 41.4 Å². The van der Waals surface area contributed by atoms with Crippen LogP contribution in [0.15, 0.2) is 60.8 Å². The summed E-state index contributed by atoms with van der Waals surface area (Å²) >= 11 is 0. The molecule has 34 heavy (non-hydrogen) atoms. The predicted molar refractivity (Wildman–Crippen MR) is 121 cm³/mol. The Hall–Kier alpha value is -3.75. The van der Waals surface area contributed by atoms with Gasteiger partial charge < -0.3 is 20.1 Å². The van der Waals surface area contributed by atoms with E-state index < -0.39 is 11.7 Å². The summed E-state index contributed by atoms with van der Waals surface area (Å²) in [4.78, 5) is 17.7. The molecule has 2 N–H and O–H groups in total. The quantitative estimate of drug-likeness (QED) is 0.504. The van der Waals surface area contributed by atoms with Gasteiger partial charge in [0.05, 0.1) is 17.8 Å². The summed E-state index contributed by atoms with van der Waals surface area (Å²) in [6.07, 6.45) is -1.32. The zero-order valence-electron chi connectivity index (χ0n) is 18.3. The number of hydrogen-bond donors (Lipinski definition) is 1. The van der Waals surface area contributed by atoms with Crippen molar-refractivity contribution >= 4 is 11.6 Å². The van der Waals surface area contributed by atoms with Gasteiger partial charge in [-0.05, 0) is 47.9 Å². The normalized spacial score (nSPS) is 13.9. The maximum Gasteiger partial charge on any atom is 0.416 e. The van der Waals surface area contributed by atoms with E-state index in [1.165, 1.54) is 6.07 Å². The number of carbonyl (C=O) groups is 1. The van der Waals surface area contributed by atoms with Gasteiger partial charge in [0.2, 0.25) is 11.8 Å². The number of alkyl halides is 3. The molecule has 0 saturated carbocycles. The van der Waals surface area contributed by atoms with E-state index in [4.69, 9.17) is 15.2 Å². The topological polar surface area (TPSA) is 77.7 Å². The Morgan fingerprint density at radius 3 is 2.59 bits per heavy atom. The van der Waals surface area contributed by atoms with Crippen molar-refractivity contribution in [3.05, 3.63) is 71.9 Å². The lowest BCUT2D eigenvalue weighted by Gasteiger charge is -2.16. The fourth-order valence-corrected chi connectivity index (χ4v) is 3.71. The number of ether oxygens (including phenoxy) is 2. The molecule has 0 spiro atoms. The van der Waals surface area contributed by atoms with Crippen LogP contribution in [-0.4, -0.2) is 35.5 Å². The van der Waals surface area contributed by atoms with Crippen LogP contribution in [0, 0.1) is 0 Å². The summed E-state index contributed by atoms with van der Waals surface area (Å²) in [7, 11) is 0. The van der Waals surface area contributed by atoms with E-state index in [1.807, 2.05) is 6.07 Å². The van der Waals surface area contributed by atoms with Crippen molar-refractivity contribution in [2.45, 2.75) is 25.6 Å². The molecule has 9 heteroatoms. The monoisotopic (exact) mass is 471 g/mol. The summed E-state index contributed by atoms with van der Waals surface area (Å²) in [5.74, 6) is 0.937. The summed E-state index contributed by atoms with van der Waals surface area (Å²) in [5, 5.41) is 0. The lowest BCUT2D eigenvalue weighted by molar-refractivity contribution is -0.137. The zero-order valence-corrected chi connectivity index (χ0v) is 18.3. The highest BCUT2D eigenvalue weighted by molar-refractivity contribution is 5.78. The number of aromatic nitrogens is 1. The first-order chi connectivity index (χ1) is 16.3. The molecule has 1 fully saturated rings. The molecule has 6 nitrogen and oxygen atoms in total. The minimum atomic E-state index is -4.40. The van der Waals surface area contributed by atoms with Gasteiger partial charge >= 0.3 is 6.18 Å². The van der Waals surface area contributed by atoms with Crippen molar-refractivity contribution in [3.63, 3.8) is 0 Å². The first-order valence-corrected chi connectivity index (χ1v) is 10.8. The molecule has 1 amide bonds. The second kappa shape index (κ2) is 10.0. The average molecular weight is 471 g/mol. The molecule has 0 unspecified atom stereocenters. The minimum absolute atomic E-state index is 0.0000602. The summed E-state index contributed by atoms with van der Waals surface area (Å²) in [6.45, 7) is 1.55. The van der Waals surface area contributed by atoms with E-state index in [0.29, 0.717) is 42.5 Å². The van der Waals surface area contributed by atoms with Crippen molar-refractivity contribution in [2.24, 2.45) is 0 Å². The van der Waals surface area contributed by atoms with E-state index in [2.05, 4.69) is 4.98 Å². The van der Waals surface area contributed by atoms with Gasteiger partial charge in [-0.2, -0.15) is 13.2 Å². The number of nitrogens with zero attached hydrogens (tertiary/aromatic N) is 2. The summed E-state index contributed by atoms with van der Waals surface area (Å²) in [5.41, 5.74) is 7.71. The van der Waals surface area contributed by atoms with Crippen molar-refractivity contribution < 1.29 is 27.4 Å². The molecule has 0 bridgehead atoms. The van der Waals surface area contributed by atoms with Crippen LogP contribution in [0.4, 0.5) is 18.9 Å². The summed E-state index contributed by atoms with van der Waals surface area (Å²) < 4.78 is 50.1. The Balaban J connectivity index is 1.38. The van der Waals surface area contributed by atoms with E-state index in [9.17, 15) is 18.0 Å². The lowest BCUT2D eigenvalue weighted by atomic mass is 10.1. The smallest absolute Gasteiger partial charge is 0.416 e. The number of anilines is 1. The van der Waals surface area contributed by atoms with Crippen LogP contribution in [-0.2, 0) is 17.6 Å². The number of likely N-dealkylation sites (tertiary alicyclic amines) is 1. The second-order valence-electron chi connectivity index (χ2n) is 7.97. The molecule has 1 aromatic heterocycles. The molecule has 3 aromatic rings. The van der Waals surface area contributed by atoms with Crippen LogP contribution < -0.4 is 15.2 Å². The number of hydrogen-bond acceptors (Lipinski definition) is 5. The number of rotatable bonds is 8. The number of carbonyl (C=O) groups excluding carboxylic acids is 1. The molecular formula is C25H24F3N3O3. The Labute approximate surface area is 195 Å². The van der Waals surface area contributed by atoms with Crippen LogP contribution in [0.2, 0.25) is 0 Å². The number of halogens is 3. The number of benzene rings is 2.